The molecule has 2 nitrogen and oxygen atoms in total. The van der Waals surface area contributed by atoms with Gasteiger partial charge in [0, 0.05) is 5.56 Å². The summed E-state index contributed by atoms with van der Waals surface area (Å²) in [5, 5.41) is 4.95. The summed E-state index contributed by atoms with van der Waals surface area (Å²) in [6, 6.07) is 31.9. The molecule has 0 spiro atoms. The average molecular weight is 435 g/mol. The minimum atomic E-state index is 0.118. The molecule has 0 aliphatic carbocycles. The fraction of sp³-hybridized carbons (Fsp3) is 0.258. The number of nitrogens with zero attached hydrogens (tertiary/aromatic N) is 2. The molecule has 0 saturated carbocycles. The lowest BCUT2D eigenvalue weighted by molar-refractivity contribution is 0.284. The van der Waals surface area contributed by atoms with Gasteiger partial charge in [0.15, 0.2) is 0 Å². The Labute approximate surface area is 198 Å². The van der Waals surface area contributed by atoms with Crippen LogP contribution >= 0.6 is 0 Å². The summed E-state index contributed by atoms with van der Waals surface area (Å²) in [6.07, 6.45) is 5.32. The van der Waals surface area contributed by atoms with Crippen molar-refractivity contribution in [1.82, 2.24) is 9.78 Å². The number of hydrogen-bond donors (Lipinski definition) is 0. The van der Waals surface area contributed by atoms with E-state index in [0.717, 1.165) is 29.1 Å². The molecule has 0 fully saturated rings. The fourth-order valence-corrected chi connectivity index (χ4v) is 4.72. The van der Waals surface area contributed by atoms with Crippen LogP contribution in [0.15, 0.2) is 91.0 Å². The molecule has 2 heteroatoms. The highest BCUT2D eigenvalue weighted by atomic mass is 15.3. The Morgan fingerprint density at radius 3 is 1.94 bits per heavy atom. The van der Waals surface area contributed by atoms with E-state index in [1.807, 2.05) is 12.1 Å². The molecule has 0 radical (unpaired) electrons. The topological polar surface area (TPSA) is 17.8 Å². The lowest BCUT2D eigenvalue weighted by Crippen LogP contribution is -2.24. The maximum Gasteiger partial charge on any atom is 0.0862 e. The zero-order valence-electron chi connectivity index (χ0n) is 20.4. The molecular formula is C31H34N2. The summed E-state index contributed by atoms with van der Waals surface area (Å²) in [5.74, 6) is 0. The van der Waals surface area contributed by atoms with Crippen LogP contribution in [0, 0.1) is 5.41 Å². The van der Waals surface area contributed by atoms with Crippen LogP contribution in [-0.2, 0) is 5.41 Å². The van der Waals surface area contributed by atoms with Gasteiger partial charge in [0.25, 0.3) is 0 Å². The van der Waals surface area contributed by atoms with E-state index in [0.29, 0.717) is 0 Å². The van der Waals surface area contributed by atoms with Crippen molar-refractivity contribution in [3.8, 4) is 16.9 Å². The standard InChI is InChI=1S/C31H34N2/c1-30(2,3)23-31(4,5)26-17-20-28(21-18-26)33-29(25-14-10-7-11-15-25)22-27(32-33)19-16-24-12-8-6-9-13-24/h6-22H,23H2,1-5H3. The van der Waals surface area contributed by atoms with Crippen LogP contribution in [0.5, 0.6) is 0 Å². The van der Waals surface area contributed by atoms with Crippen molar-refractivity contribution >= 4 is 12.2 Å². The van der Waals surface area contributed by atoms with Crippen molar-refractivity contribution in [3.05, 3.63) is 108 Å². The second-order valence-corrected chi connectivity index (χ2v) is 10.6. The molecule has 33 heavy (non-hydrogen) atoms. The second kappa shape index (κ2) is 9.23. The third-order valence-electron chi connectivity index (χ3n) is 5.91. The van der Waals surface area contributed by atoms with Crippen molar-refractivity contribution in [1.29, 1.82) is 0 Å². The van der Waals surface area contributed by atoms with Gasteiger partial charge < -0.3 is 0 Å². The summed E-state index contributed by atoms with van der Waals surface area (Å²) in [5.41, 5.74) is 7.18. The summed E-state index contributed by atoms with van der Waals surface area (Å²) in [7, 11) is 0. The van der Waals surface area contributed by atoms with Gasteiger partial charge in [-0.2, -0.15) is 5.10 Å². The maximum atomic E-state index is 4.95. The SMILES string of the molecule is CC(C)(C)CC(C)(C)c1ccc(-n2nc(C=Cc3ccccc3)cc2-c2ccccc2)cc1. The number of rotatable bonds is 6. The van der Waals surface area contributed by atoms with Crippen LogP contribution in [0.1, 0.15) is 57.9 Å². The quantitative estimate of drug-likeness (QED) is 0.298. The second-order valence-electron chi connectivity index (χ2n) is 10.6. The van der Waals surface area contributed by atoms with E-state index < -0.39 is 0 Å². The molecule has 0 N–H and O–H groups in total. The van der Waals surface area contributed by atoms with E-state index in [1.54, 1.807) is 0 Å². The third kappa shape index (κ3) is 5.70. The van der Waals surface area contributed by atoms with E-state index in [-0.39, 0.29) is 10.8 Å². The largest absolute Gasteiger partial charge is 0.233 e. The molecule has 3 aromatic carbocycles. The number of hydrogen-bond acceptors (Lipinski definition) is 1. The predicted octanol–water partition coefficient (Wildman–Crippen LogP) is 8.42. The Morgan fingerprint density at radius 2 is 1.33 bits per heavy atom. The van der Waals surface area contributed by atoms with E-state index in [9.17, 15) is 0 Å². The Morgan fingerprint density at radius 1 is 0.727 bits per heavy atom. The molecule has 4 rings (SSSR count). The molecule has 1 heterocycles. The van der Waals surface area contributed by atoms with Gasteiger partial charge in [-0.1, -0.05) is 113 Å². The molecule has 0 aliphatic rings. The maximum absolute atomic E-state index is 4.95. The number of aromatic nitrogens is 2. The van der Waals surface area contributed by atoms with E-state index in [2.05, 4.69) is 130 Å². The smallest absolute Gasteiger partial charge is 0.0862 e. The summed E-state index contributed by atoms with van der Waals surface area (Å²) < 4.78 is 2.06. The fourth-order valence-electron chi connectivity index (χ4n) is 4.72. The Bertz CT molecular complexity index is 1210. The first-order valence-electron chi connectivity index (χ1n) is 11.7. The van der Waals surface area contributed by atoms with Gasteiger partial charge >= 0.3 is 0 Å². The molecular weight excluding hydrogens is 400 g/mol. The minimum absolute atomic E-state index is 0.118. The predicted molar refractivity (Wildman–Crippen MR) is 141 cm³/mol. The zero-order valence-corrected chi connectivity index (χ0v) is 20.4. The molecule has 4 aromatic rings. The van der Waals surface area contributed by atoms with Gasteiger partial charge in [0.1, 0.15) is 0 Å². The molecule has 0 atom stereocenters. The van der Waals surface area contributed by atoms with Crippen LogP contribution in [0.25, 0.3) is 29.1 Å². The molecule has 0 bridgehead atoms. The minimum Gasteiger partial charge on any atom is -0.233 e. The first-order valence-corrected chi connectivity index (χ1v) is 11.7. The first-order chi connectivity index (χ1) is 15.7. The van der Waals surface area contributed by atoms with E-state index in [4.69, 9.17) is 5.10 Å². The summed E-state index contributed by atoms with van der Waals surface area (Å²) >= 11 is 0. The molecule has 0 saturated heterocycles. The first kappa shape index (κ1) is 22.8. The van der Waals surface area contributed by atoms with Gasteiger partial charge in [-0.05, 0) is 52.7 Å². The molecule has 168 valence electrons. The van der Waals surface area contributed by atoms with Crippen molar-refractivity contribution in [2.45, 2.75) is 46.5 Å². The van der Waals surface area contributed by atoms with Crippen molar-refractivity contribution in [2.75, 3.05) is 0 Å². The summed E-state index contributed by atoms with van der Waals surface area (Å²) in [4.78, 5) is 0. The normalized spacial score (nSPS) is 12.4. The highest BCUT2D eigenvalue weighted by Gasteiger charge is 2.27. The van der Waals surface area contributed by atoms with E-state index >= 15 is 0 Å². The Hall–Kier alpha value is -3.39. The van der Waals surface area contributed by atoms with Gasteiger partial charge in [-0.3, -0.25) is 0 Å². The lowest BCUT2D eigenvalue weighted by atomic mass is 9.72. The van der Waals surface area contributed by atoms with Crippen LogP contribution in [-0.4, -0.2) is 9.78 Å². The molecule has 1 aromatic heterocycles. The molecule has 0 unspecified atom stereocenters. The zero-order chi connectivity index (χ0) is 23.5. The highest BCUT2D eigenvalue weighted by molar-refractivity contribution is 5.72. The van der Waals surface area contributed by atoms with Crippen molar-refractivity contribution in [2.24, 2.45) is 5.41 Å². The van der Waals surface area contributed by atoms with Gasteiger partial charge in [-0.25, -0.2) is 4.68 Å². The third-order valence-corrected chi connectivity index (χ3v) is 5.91. The Kier molecular flexibility index (Phi) is 6.37. The van der Waals surface area contributed by atoms with Crippen LogP contribution in [0.3, 0.4) is 0 Å². The summed E-state index contributed by atoms with van der Waals surface area (Å²) in [6.45, 7) is 11.6. The van der Waals surface area contributed by atoms with Gasteiger partial charge in [0.2, 0.25) is 0 Å². The number of benzene rings is 3. The van der Waals surface area contributed by atoms with Gasteiger partial charge in [0.05, 0.1) is 17.1 Å². The molecule has 0 aliphatic heterocycles. The van der Waals surface area contributed by atoms with E-state index in [1.165, 1.54) is 11.1 Å². The lowest BCUT2D eigenvalue weighted by Gasteiger charge is -2.33. The average Bonchev–Trinajstić information content (AvgIpc) is 3.22. The van der Waals surface area contributed by atoms with Gasteiger partial charge in [-0.15, -0.1) is 0 Å². The Balaban J connectivity index is 1.70. The van der Waals surface area contributed by atoms with Crippen LogP contribution < -0.4 is 0 Å². The van der Waals surface area contributed by atoms with Crippen LogP contribution in [0.2, 0.25) is 0 Å². The van der Waals surface area contributed by atoms with Crippen molar-refractivity contribution < 1.29 is 0 Å². The van der Waals surface area contributed by atoms with Crippen molar-refractivity contribution in [3.63, 3.8) is 0 Å². The molecule has 0 amide bonds. The highest BCUT2D eigenvalue weighted by Crippen LogP contribution is 2.36. The monoisotopic (exact) mass is 434 g/mol. The van der Waals surface area contributed by atoms with Crippen LogP contribution in [0.4, 0.5) is 0 Å².